The van der Waals surface area contributed by atoms with Crippen LogP contribution in [0.5, 0.6) is 0 Å². The molecule has 0 aromatic heterocycles. The number of nitrogens with one attached hydrogen (secondary N) is 2. The quantitative estimate of drug-likeness (QED) is 0.0587. The summed E-state index contributed by atoms with van der Waals surface area (Å²) in [6.07, 6.45) is 4.94. The molecule has 262 valence electrons. The summed E-state index contributed by atoms with van der Waals surface area (Å²) in [5.74, 6) is -6.58. The average Bonchev–Trinajstić information content (AvgIpc) is 3.09. The van der Waals surface area contributed by atoms with Gasteiger partial charge in [-0.15, -0.1) is 0 Å². The van der Waals surface area contributed by atoms with E-state index in [9.17, 15) is 38.4 Å². The number of rotatable bonds is 25. The predicted molar refractivity (Wildman–Crippen MR) is 167 cm³/mol. The molecule has 16 nitrogen and oxygen atoms in total. The van der Waals surface area contributed by atoms with Crippen molar-refractivity contribution in [1.29, 1.82) is 0 Å². The number of esters is 6. The third kappa shape index (κ3) is 17.6. The molecule has 0 saturated heterocycles. The first kappa shape index (κ1) is 42.2. The first-order valence-corrected chi connectivity index (χ1v) is 14.1. The van der Waals surface area contributed by atoms with Crippen LogP contribution < -0.4 is 10.6 Å². The van der Waals surface area contributed by atoms with Gasteiger partial charge in [0.15, 0.2) is 0 Å². The third-order valence-corrected chi connectivity index (χ3v) is 5.81. The molecule has 16 heteroatoms. The topological polar surface area (TPSA) is 216 Å². The van der Waals surface area contributed by atoms with E-state index in [1.54, 1.807) is 0 Å². The van der Waals surface area contributed by atoms with Crippen LogP contribution in [0.4, 0.5) is 0 Å². The second-order valence-electron chi connectivity index (χ2n) is 9.74. The monoisotopic (exact) mass is 676 g/mol. The van der Waals surface area contributed by atoms with Crippen molar-refractivity contribution in [2.45, 2.75) is 36.8 Å². The standard InChI is InChI=1S/C32H40N2O14/c1-7-25(37)43-17-31(18-44-26(38)8-2,19-45-27(39)9-3)33-23(35)15-13-14-16-24(36)34-32(20-46-28(40)10-4,21-47-29(41)11-5)22-48-30(42)12-6/h7-12H,1-6,13-22H2,(H,33,35)(H,34,36). The van der Waals surface area contributed by atoms with Crippen LogP contribution in [0.15, 0.2) is 75.9 Å². The van der Waals surface area contributed by atoms with Crippen LogP contribution in [0, 0.1) is 0 Å². The molecule has 0 aliphatic rings. The van der Waals surface area contributed by atoms with Crippen molar-refractivity contribution in [3.05, 3.63) is 75.9 Å². The number of carbonyl (C=O) groups is 8. The van der Waals surface area contributed by atoms with Crippen molar-refractivity contribution in [3.63, 3.8) is 0 Å². The molecule has 0 unspecified atom stereocenters. The molecule has 0 radical (unpaired) electrons. The minimum Gasteiger partial charge on any atom is -0.460 e. The molecule has 0 spiro atoms. The van der Waals surface area contributed by atoms with Gasteiger partial charge in [-0.1, -0.05) is 39.5 Å². The predicted octanol–water partition coefficient (Wildman–Crippen LogP) is 0.632. The van der Waals surface area contributed by atoms with Gasteiger partial charge in [0.1, 0.15) is 50.7 Å². The number of unbranched alkanes of at least 4 members (excludes halogenated alkanes) is 1. The van der Waals surface area contributed by atoms with E-state index < -0.39 is 98.3 Å². The van der Waals surface area contributed by atoms with Gasteiger partial charge in [-0.05, 0) is 12.8 Å². The van der Waals surface area contributed by atoms with Gasteiger partial charge in [-0.25, -0.2) is 28.8 Å². The average molecular weight is 677 g/mol. The zero-order chi connectivity index (χ0) is 36.6. The van der Waals surface area contributed by atoms with E-state index in [4.69, 9.17) is 28.4 Å². The SMILES string of the molecule is C=CC(=O)OCC(COC(=O)C=C)(COC(=O)C=C)NC(=O)CCCCC(=O)NC(COC(=O)C=C)(COC(=O)C=C)COC(=O)C=C. The maximum absolute atomic E-state index is 12.9. The zero-order valence-electron chi connectivity index (χ0n) is 26.5. The van der Waals surface area contributed by atoms with E-state index in [1.807, 2.05) is 0 Å². The molecule has 0 aromatic rings. The number of amides is 2. The second-order valence-corrected chi connectivity index (χ2v) is 9.74. The summed E-state index contributed by atoms with van der Waals surface area (Å²) in [5.41, 5.74) is -3.45. The second kappa shape index (κ2) is 22.7. The molecule has 0 aromatic carbocycles. The zero-order valence-corrected chi connectivity index (χ0v) is 26.5. The Labute approximate surface area is 277 Å². The first-order chi connectivity index (χ1) is 22.7. The summed E-state index contributed by atoms with van der Waals surface area (Å²) in [7, 11) is 0. The molecule has 0 saturated carbocycles. The maximum Gasteiger partial charge on any atom is 0.330 e. The van der Waals surface area contributed by atoms with Crippen LogP contribution in [-0.2, 0) is 66.8 Å². The highest BCUT2D eigenvalue weighted by Gasteiger charge is 2.38. The van der Waals surface area contributed by atoms with Gasteiger partial charge in [-0.3, -0.25) is 9.59 Å². The molecule has 0 atom stereocenters. The molecule has 0 heterocycles. The van der Waals surface area contributed by atoms with Crippen molar-refractivity contribution < 1.29 is 66.8 Å². The van der Waals surface area contributed by atoms with Gasteiger partial charge < -0.3 is 39.1 Å². The van der Waals surface area contributed by atoms with Crippen LogP contribution in [0.2, 0.25) is 0 Å². The highest BCUT2D eigenvalue weighted by Crippen LogP contribution is 2.14. The van der Waals surface area contributed by atoms with E-state index in [0.717, 1.165) is 36.5 Å². The van der Waals surface area contributed by atoms with Gasteiger partial charge in [0.2, 0.25) is 11.8 Å². The fourth-order valence-electron chi connectivity index (χ4n) is 3.36. The lowest BCUT2D eigenvalue weighted by Gasteiger charge is -2.33. The van der Waals surface area contributed by atoms with E-state index >= 15 is 0 Å². The first-order valence-electron chi connectivity index (χ1n) is 14.1. The van der Waals surface area contributed by atoms with Crippen LogP contribution in [0.1, 0.15) is 25.7 Å². The van der Waals surface area contributed by atoms with Crippen molar-refractivity contribution >= 4 is 47.6 Å². The van der Waals surface area contributed by atoms with Crippen molar-refractivity contribution in [1.82, 2.24) is 10.6 Å². The molecule has 0 aliphatic carbocycles. The molecule has 2 amide bonds. The van der Waals surface area contributed by atoms with Gasteiger partial charge in [0.05, 0.1) is 0 Å². The maximum atomic E-state index is 12.9. The molecule has 48 heavy (non-hydrogen) atoms. The van der Waals surface area contributed by atoms with Gasteiger partial charge in [0, 0.05) is 49.3 Å². The largest absolute Gasteiger partial charge is 0.460 e. The van der Waals surface area contributed by atoms with E-state index in [0.29, 0.717) is 0 Å². The number of ether oxygens (including phenoxy) is 6. The van der Waals surface area contributed by atoms with Crippen molar-refractivity contribution in [2.24, 2.45) is 0 Å². The molecule has 0 aliphatic heterocycles. The highest BCUT2D eigenvalue weighted by atomic mass is 16.6. The smallest absolute Gasteiger partial charge is 0.330 e. The summed E-state index contributed by atoms with van der Waals surface area (Å²) in [6, 6.07) is 0. The normalized spacial score (nSPS) is 10.4. The Hall–Kier alpha value is -5.80. The van der Waals surface area contributed by atoms with Crippen LogP contribution in [0.3, 0.4) is 0 Å². The number of carbonyl (C=O) groups excluding carboxylic acids is 8. The molecular weight excluding hydrogens is 636 g/mol. The Bertz CT molecular complexity index is 1050. The lowest BCUT2D eigenvalue weighted by Crippen LogP contribution is -2.59. The Morgan fingerprint density at radius 1 is 0.396 bits per heavy atom. The third-order valence-electron chi connectivity index (χ3n) is 5.81. The minimum atomic E-state index is -1.72. The summed E-state index contributed by atoms with van der Waals surface area (Å²) in [5, 5.41) is 5.10. The number of hydrogen-bond donors (Lipinski definition) is 2. The molecule has 0 rings (SSSR count). The lowest BCUT2D eigenvalue weighted by molar-refractivity contribution is -0.155. The fourth-order valence-corrected chi connectivity index (χ4v) is 3.36. The van der Waals surface area contributed by atoms with Gasteiger partial charge in [-0.2, -0.15) is 0 Å². The molecule has 2 N–H and O–H groups in total. The lowest BCUT2D eigenvalue weighted by atomic mass is 10.0. The Morgan fingerprint density at radius 2 is 0.583 bits per heavy atom. The van der Waals surface area contributed by atoms with Crippen molar-refractivity contribution in [3.8, 4) is 0 Å². The van der Waals surface area contributed by atoms with E-state index in [1.165, 1.54) is 0 Å². The summed E-state index contributed by atoms with van der Waals surface area (Å²) in [4.78, 5) is 96.4. The van der Waals surface area contributed by atoms with Crippen LogP contribution >= 0.6 is 0 Å². The van der Waals surface area contributed by atoms with Crippen LogP contribution in [-0.4, -0.2) is 98.3 Å². The highest BCUT2D eigenvalue weighted by molar-refractivity contribution is 5.84. The van der Waals surface area contributed by atoms with Gasteiger partial charge in [0.25, 0.3) is 0 Å². The summed E-state index contributed by atoms with van der Waals surface area (Å²) in [6.45, 7) is 16.1. The fraction of sp³-hybridized carbons (Fsp3) is 0.375. The van der Waals surface area contributed by atoms with E-state index in [2.05, 4.69) is 50.1 Å². The molecular formula is C32H40N2O14. The van der Waals surface area contributed by atoms with Gasteiger partial charge >= 0.3 is 35.8 Å². The molecule has 0 fully saturated rings. The Morgan fingerprint density at radius 3 is 0.750 bits per heavy atom. The number of hydrogen-bond acceptors (Lipinski definition) is 14. The Balaban J connectivity index is 5.72. The van der Waals surface area contributed by atoms with Crippen LogP contribution in [0.25, 0.3) is 0 Å². The summed E-state index contributed by atoms with van der Waals surface area (Å²) < 4.78 is 30.3. The van der Waals surface area contributed by atoms with Crippen molar-refractivity contribution in [2.75, 3.05) is 39.6 Å². The Kier molecular flexibility index (Phi) is 19.9. The molecule has 0 bridgehead atoms. The minimum absolute atomic E-state index is 0.107. The summed E-state index contributed by atoms with van der Waals surface area (Å²) >= 11 is 0. The van der Waals surface area contributed by atoms with E-state index in [-0.39, 0.29) is 25.7 Å².